The number of carbonyl (C=O) groups is 1. The molecule has 1 aliphatic heterocycles. The number of rotatable bonds is 8. The van der Waals surface area contributed by atoms with E-state index in [0.29, 0.717) is 18.3 Å². The van der Waals surface area contributed by atoms with Crippen molar-refractivity contribution in [3.8, 4) is 0 Å². The van der Waals surface area contributed by atoms with E-state index in [-0.39, 0.29) is 11.5 Å². The Morgan fingerprint density at radius 2 is 1.91 bits per heavy atom. The van der Waals surface area contributed by atoms with E-state index >= 15 is 0 Å². The van der Waals surface area contributed by atoms with Crippen LogP contribution in [0.15, 0.2) is 42.5 Å². The van der Waals surface area contributed by atoms with Crippen LogP contribution in [0.5, 0.6) is 0 Å². The number of methoxy groups -OCH3 is 1. The van der Waals surface area contributed by atoms with E-state index in [1.54, 1.807) is 7.11 Å². The second-order valence-electron chi connectivity index (χ2n) is 10.1. The molecule has 0 spiro atoms. The van der Waals surface area contributed by atoms with Crippen molar-refractivity contribution in [2.24, 2.45) is 11.8 Å². The Labute approximate surface area is 191 Å². The SMILES string of the molecule is COCCNc1cccc(Nc2ccc3c(c2)[C@]2(C)CCN(CC4CC4)C(C3=O)[C@@H]2C)c1. The maximum atomic E-state index is 13.6. The van der Waals surface area contributed by atoms with Gasteiger partial charge in [-0.25, -0.2) is 0 Å². The highest BCUT2D eigenvalue weighted by Crippen LogP contribution is 2.50. The van der Waals surface area contributed by atoms with E-state index in [9.17, 15) is 4.79 Å². The lowest BCUT2D eigenvalue weighted by Crippen LogP contribution is -2.61. The first-order valence-corrected chi connectivity index (χ1v) is 12.0. The van der Waals surface area contributed by atoms with Crippen LogP contribution in [0.2, 0.25) is 0 Å². The van der Waals surface area contributed by atoms with Gasteiger partial charge in [0.1, 0.15) is 0 Å². The molecular formula is C27H35N3O2. The van der Waals surface area contributed by atoms with E-state index in [1.807, 2.05) is 6.07 Å². The van der Waals surface area contributed by atoms with Crippen molar-refractivity contribution >= 4 is 22.8 Å². The number of carbonyl (C=O) groups excluding carboxylic acids is 1. The van der Waals surface area contributed by atoms with Crippen molar-refractivity contribution in [3.63, 3.8) is 0 Å². The summed E-state index contributed by atoms with van der Waals surface area (Å²) < 4.78 is 5.12. The smallest absolute Gasteiger partial charge is 0.180 e. The Balaban J connectivity index is 1.39. The van der Waals surface area contributed by atoms with Crippen molar-refractivity contribution in [2.45, 2.75) is 44.6 Å². The number of anilines is 3. The van der Waals surface area contributed by atoms with Gasteiger partial charge >= 0.3 is 0 Å². The zero-order chi connectivity index (χ0) is 22.3. The molecule has 2 aliphatic carbocycles. The number of ether oxygens (including phenoxy) is 1. The van der Waals surface area contributed by atoms with Gasteiger partial charge in [-0.1, -0.05) is 19.9 Å². The van der Waals surface area contributed by atoms with Gasteiger partial charge in [0.15, 0.2) is 5.78 Å². The number of nitrogens with zero attached hydrogens (tertiary/aromatic N) is 1. The van der Waals surface area contributed by atoms with Gasteiger partial charge in [-0.2, -0.15) is 0 Å². The topological polar surface area (TPSA) is 53.6 Å². The van der Waals surface area contributed by atoms with Gasteiger partial charge < -0.3 is 15.4 Å². The maximum Gasteiger partial charge on any atom is 0.180 e. The summed E-state index contributed by atoms with van der Waals surface area (Å²) in [5, 5.41) is 6.93. The minimum absolute atomic E-state index is 0.0369. The van der Waals surface area contributed by atoms with Gasteiger partial charge in [0.05, 0.1) is 12.6 Å². The fourth-order valence-corrected chi connectivity index (χ4v) is 5.66. The number of nitrogens with one attached hydrogen (secondary N) is 2. The number of piperidine rings is 1. The monoisotopic (exact) mass is 433 g/mol. The predicted octanol–water partition coefficient (Wildman–Crippen LogP) is 5.06. The fraction of sp³-hybridized carbons (Fsp3) is 0.519. The van der Waals surface area contributed by atoms with Gasteiger partial charge in [-0.3, -0.25) is 9.69 Å². The summed E-state index contributed by atoms with van der Waals surface area (Å²) >= 11 is 0. The molecule has 0 amide bonds. The summed E-state index contributed by atoms with van der Waals surface area (Å²) in [5.41, 5.74) is 5.32. The maximum absolute atomic E-state index is 13.6. The lowest BCUT2D eigenvalue weighted by atomic mass is 9.58. The quantitative estimate of drug-likeness (QED) is 0.570. The highest BCUT2D eigenvalue weighted by Gasteiger charge is 2.52. The molecule has 0 radical (unpaired) electrons. The molecule has 1 unspecified atom stereocenters. The lowest BCUT2D eigenvalue weighted by molar-refractivity contribution is 0.0266. The molecule has 5 heteroatoms. The number of benzene rings is 2. The number of fused-ring (bicyclic) bond motifs is 4. The van der Waals surface area contributed by atoms with Gasteiger partial charge in [-0.05, 0) is 85.0 Å². The largest absolute Gasteiger partial charge is 0.383 e. The van der Waals surface area contributed by atoms with E-state index in [0.717, 1.165) is 54.6 Å². The Morgan fingerprint density at radius 3 is 2.69 bits per heavy atom. The first-order valence-electron chi connectivity index (χ1n) is 12.0. The molecule has 5 nitrogen and oxygen atoms in total. The molecule has 3 aliphatic rings. The Morgan fingerprint density at radius 1 is 1.12 bits per heavy atom. The number of hydrogen-bond donors (Lipinski definition) is 2. The number of likely N-dealkylation sites (tertiary alicyclic amines) is 1. The van der Waals surface area contributed by atoms with E-state index in [1.165, 1.54) is 18.4 Å². The fourth-order valence-electron chi connectivity index (χ4n) is 5.66. The van der Waals surface area contributed by atoms with Gasteiger partial charge in [0.25, 0.3) is 0 Å². The molecule has 2 aromatic rings. The van der Waals surface area contributed by atoms with Crippen LogP contribution in [-0.4, -0.2) is 50.1 Å². The third-order valence-electron chi connectivity index (χ3n) is 7.94. The van der Waals surface area contributed by atoms with E-state index in [2.05, 4.69) is 65.8 Å². The predicted molar refractivity (Wildman–Crippen MR) is 130 cm³/mol. The molecule has 1 saturated carbocycles. The highest BCUT2D eigenvalue weighted by molar-refractivity contribution is 6.04. The third kappa shape index (κ3) is 3.93. The van der Waals surface area contributed by atoms with Crippen LogP contribution in [0.4, 0.5) is 17.1 Å². The molecule has 5 rings (SSSR count). The molecule has 32 heavy (non-hydrogen) atoms. The molecule has 170 valence electrons. The Hall–Kier alpha value is -2.37. The van der Waals surface area contributed by atoms with Crippen molar-refractivity contribution in [1.82, 2.24) is 4.90 Å². The summed E-state index contributed by atoms with van der Waals surface area (Å²) in [6, 6.07) is 14.7. The molecule has 2 aromatic carbocycles. The summed E-state index contributed by atoms with van der Waals surface area (Å²) in [6.45, 7) is 8.23. The van der Waals surface area contributed by atoms with Crippen LogP contribution in [0.25, 0.3) is 0 Å². The molecule has 2 fully saturated rings. The Bertz CT molecular complexity index is 1000. The molecular weight excluding hydrogens is 398 g/mol. The van der Waals surface area contributed by atoms with Crippen LogP contribution in [-0.2, 0) is 10.2 Å². The zero-order valence-electron chi connectivity index (χ0n) is 19.5. The van der Waals surface area contributed by atoms with E-state index in [4.69, 9.17) is 4.74 Å². The number of hydrogen-bond acceptors (Lipinski definition) is 5. The summed E-state index contributed by atoms with van der Waals surface area (Å²) in [5.74, 6) is 1.46. The first kappa shape index (κ1) is 21.5. The minimum atomic E-state index is 0.0369. The van der Waals surface area contributed by atoms with Crippen LogP contribution in [0.1, 0.15) is 49.0 Å². The number of Topliss-reactive ketones (excluding diaryl/α,β-unsaturated/α-hetero) is 1. The average Bonchev–Trinajstić information content (AvgIpc) is 3.60. The second-order valence-corrected chi connectivity index (χ2v) is 10.1. The first-order chi connectivity index (χ1) is 15.5. The molecule has 3 atom stereocenters. The van der Waals surface area contributed by atoms with Crippen molar-refractivity contribution < 1.29 is 9.53 Å². The Kier molecular flexibility index (Phi) is 5.72. The number of ketones is 1. The molecule has 2 bridgehead atoms. The van der Waals surface area contributed by atoms with Crippen molar-refractivity contribution in [1.29, 1.82) is 0 Å². The highest BCUT2D eigenvalue weighted by atomic mass is 16.5. The third-order valence-corrected chi connectivity index (χ3v) is 7.94. The van der Waals surface area contributed by atoms with E-state index < -0.39 is 0 Å². The molecule has 0 aromatic heterocycles. The standard InChI is InChI=1S/C27H35N3O2/c1-18-25-26(31)23-10-9-22(29-21-6-4-5-20(15-21)28-12-14-32-3)16-24(23)27(18,2)11-13-30(25)17-19-7-8-19/h4-6,9-10,15-16,18-19,25,28-29H,7-8,11-14,17H2,1-3H3/t18-,25?,27+/m0/s1. The molecule has 1 heterocycles. The van der Waals surface area contributed by atoms with Crippen LogP contribution >= 0.6 is 0 Å². The normalized spacial score (nSPS) is 27.2. The van der Waals surface area contributed by atoms with Crippen LogP contribution in [0, 0.1) is 11.8 Å². The summed E-state index contributed by atoms with van der Waals surface area (Å²) in [7, 11) is 1.71. The average molecular weight is 434 g/mol. The van der Waals surface area contributed by atoms with Crippen LogP contribution < -0.4 is 10.6 Å². The van der Waals surface area contributed by atoms with Gasteiger partial charge in [0.2, 0.25) is 0 Å². The van der Waals surface area contributed by atoms with Gasteiger partial charge in [0, 0.05) is 42.8 Å². The summed E-state index contributed by atoms with van der Waals surface area (Å²) in [6.07, 6.45) is 3.77. The van der Waals surface area contributed by atoms with Crippen molar-refractivity contribution in [3.05, 3.63) is 53.6 Å². The summed E-state index contributed by atoms with van der Waals surface area (Å²) in [4.78, 5) is 16.0. The van der Waals surface area contributed by atoms with Gasteiger partial charge in [-0.15, -0.1) is 0 Å². The minimum Gasteiger partial charge on any atom is -0.383 e. The molecule has 2 N–H and O–H groups in total. The van der Waals surface area contributed by atoms with Crippen molar-refractivity contribution in [2.75, 3.05) is 44.0 Å². The zero-order valence-corrected chi connectivity index (χ0v) is 19.5. The van der Waals surface area contributed by atoms with Crippen LogP contribution in [0.3, 0.4) is 0 Å². The lowest BCUT2D eigenvalue weighted by Gasteiger charge is -2.53. The second kappa shape index (κ2) is 8.53. The molecule has 1 saturated heterocycles.